The monoisotopic (exact) mass is 270 g/mol. The molecule has 1 saturated carbocycles. The summed E-state index contributed by atoms with van der Waals surface area (Å²) in [6.45, 7) is 1.78. The van der Waals surface area contributed by atoms with Gasteiger partial charge in [-0.3, -0.25) is 14.8 Å². The van der Waals surface area contributed by atoms with Crippen molar-refractivity contribution in [2.24, 2.45) is 11.8 Å². The molecular formula is C14H14N4O2. The van der Waals surface area contributed by atoms with Gasteiger partial charge < -0.3 is 4.74 Å². The average Bonchev–Trinajstić information content (AvgIpc) is 3.30. The molecule has 1 atom stereocenters. The second-order valence-electron chi connectivity index (χ2n) is 4.87. The Morgan fingerprint density at radius 2 is 2.05 bits per heavy atom. The van der Waals surface area contributed by atoms with Gasteiger partial charge in [0.15, 0.2) is 5.92 Å². The SMILES string of the molecule is COC(=O)[C@@](c1cnc(C)cn1)(C(C#N)C#N)C1CC1. The molecule has 1 aromatic heterocycles. The number of nitrogens with zero attached hydrogens (tertiary/aromatic N) is 4. The third kappa shape index (κ3) is 2.00. The Bertz CT molecular complexity index is 581. The van der Waals surface area contributed by atoms with Gasteiger partial charge in [-0.15, -0.1) is 0 Å². The van der Waals surface area contributed by atoms with Crippen LogP contribution in [-0.2, 0) is 14.9 Å². The van der Waals surface area contributed by atoms with E-state index < -0.39 is 17.3 Å². The van der Waals surface area contributed by atoms with E-state index in [0.717, 1.165) is 12.8 Å². The summed E-state index contributed by atoms with van der Waals surface area (Å²) >= 11 is 0. The van der Waals surface area contributed by atoms with Gasteiger partial charge in [0.25, 0.3) is 0 Å². The molecule has 0 N–H and O–H groups in total. The highest BCUT2D eigenvalue weighted by atomic mass is 16.5. The van der Waals surface area contributed by atoms with Gasteiger partial charge in [-0.1, -0.05) is 0 Å². The summed E-state index contributed by atoms with van der Waals surface area (Å²) in [5.41, 5.74) is -0.293. The lowest BCUT2D eigenvalue weighted by atomic mass is 9.70. The summed E-state index contributed by atoms with van der Waals surface area (Å²) in [6, 6.07) is 3.83. The van der Waals surface area contributed by atoms with Gasteiger partial charge in [0.2, 0.25) is 0 Å². The predicted octanol–water partition coefficient (Wildman–Crippen LogP) is 1.27. The maximum Gasteiger partial charge on any atom is 0.320 e. The zero-order valence-electron chi connectivity index (χ0n) is 11.3. The third-order valence-corrected chi connectivity index (χ3v) is 3.66. The minimum Gasteiger partial charge on any atom is -0.468 e. The molecule has 0 spiro atoms. The molecule has 6 heteroatoms. The molecule has 0 saturated heterocycles. The molecule has 6 nitrogen and oxygen atoms in total. The van der Waals surface area contributed by atoms with E-state index in [0.29, 0.717) is 11.4 Å². The summed E-state index contributed by atoms with van der Waals surface area (Å²) in [4.78, 5) is 20.7. The van der Waals surface area contributed by atoms with Crippen LogP contribution in [0.15, 0.2) is 12.4 Å². The number of ether oxygens (including phenoxy) is 1. The Morgan fingerprint density at radius 1 is 1.40 bits per heavy atom. The molecule has 1 aromatic rings. The molecule has 0 radical (unpaired) electrons. The molecule has 1 aliphatic carbocycles. The molecule has 0 bridgehead atoms. The highest BCUT2D eigenvalue weighted by Crippen LogP contribution is 2.51. The van der Waals surface area contributed by atoms with Gasteiger partial charge in [0.05, 0.1) is 30.6 Å². The zero-order chi connectivity index (χ0) is 14.8. The summed E-state index contributed by atoms with van der Waals surface area (Å²) < 4.78 is 4.88. The second kappa shape index (κ2) is 5.26. The minimum absolute atomic E-state index is 0.101. The lowest BCUT2D eigenvalue weighted by Gasteiger charge is -2.30. The van der Waals surface area contributed by atoms with Crippen LogP contribution in [0.1, 0.15) is 24.2 Å². The zero-order valence-corrected chi connectivity index (χ0v) is 11.3. The van der Waals surface area contributed by atoms with Crippen LogP contribution in [0.25, 0.3) is 0 Å². The smallest absolute Gasteiger partial charge is 0.320 e. The normalized spacial score (nSPS) is 16.9. The quantitative estimate of drug-likeness (QED) is 0.764. The van der Waals surface area contributed by atoms with Crippen LogP contribution in [0.2, 0.25) is 0 Å². The summed E-state index contributed by atoms with van der Waals surface area (Å²) in [5.74, 6) is -1.83. The van der Waals surface area contributed by atoms with Crippen molar-refractivity contribution in [2.45, 2.75) is 25.2 Å². The molecule has 0 aromatic carbocycles. The van der Waals surface area contributed by atoms with Crippen LogP contribution in [0.5, 0.6) is 0 Å². The number of hydrogen-bond acceptors (Lipinski definition) is 6. The molecule has 0 amide bonds. The lowest BCUT2D eigenvalue weighted by molar-refractivity contribution is -0.149. The van der Waals surface area contributed by atoms with Gasteiger partial charge >= 0.3 is 5.97 Å². The number of rotatable bonds is 4. The first-order chi connectivity index (χ1) is 9.60. The van der Waals surface area contributed by atoms with E-state index in [9.17, 15) is 15.3 Å². The van der Waals surface area contributed by atoms with Crippen molar-refractivity contribution in [3.05, 3.63) is 23.8 Å². The predicted molar refractivity (Wildman–Crippen MR) is 67.9 cm³/mol. The molecule has 2 rings (SSSR count). The maximum atomic E-state index is 12.4. The van der Waals surface area contributed by atoms with E-state index in [1.165, 1.54) is 19.5 Å². The Kier molecular flexibility index (Phi) is 3.67. The standard InChI is InChI=1S/C14H14N4O2/c1-9-7-18-12(8-17-9)14(10-3-4-10,13(19)20-2)11(5-15)6-16/h7-8,10-11H,3-4H2,1-2H3/t14-/m1/s1. The number of carbonyl (C=O) groups is 1. The number of hydrogen-bond donors (Lipinski definition) is 0. The van der Waals surface area contributed by atoms with Crippen LogP contribution in [-0.4, -0.2) is 23.0 Å². The average molecular weight is 270 g/mol. The molecule has 1 aliphatic rings. The Hall–Kier alpha value is -2.47. The topological polar surface area (TPSA) is 99.7 Å². The first-order valence-electron chi connectivity index (χ1n) is 6.28. The molecular weight excluding hydrogens is 256 g/mol. The first-order valence-corrected chi connectivity index (χ1v) is 6.28. The molecule has 1 fully saturated rings. The number of esters is 1. The summed E-state index contributed by atoms with van der Waals surface area (Å²) in [5, 5.41) is 18.5. The van der Waals surface area contributed by atoms with E-state index in [4.69, 9.17) is 4.74 Å². The minimum atomic E-state index is -1.33. The third-order valence-electron chi connectivity index (χ3n) is 3.66. The van der Waals surface area contributed by atoms with Gasteiger partial charge in [-0.2, -0.15) is 10.5 Å². The number of carbonyl (C=O) groups excluding carboxylic acids is 1. The number of methoxy groups -OCH3 is 1. The van der Waals surface area contributed by atoms with Crippen molar-refractivity contribution in [1.29, 1.82) is 10.5 Å². The highest BCUT2D eigenvalue weighted by molar-refractivity contribution is 5.85. The first kappa shape index (κ1) is 14.0. The fourth-order valence-corrected chi connectivity index (χ4v) is 2.53. The van der Waals surface area contributed by atoms with Crippen LogP contribution < -0.4 is 0 Å². The Balaban J connectivity index is 2.64. The van der Waals surface area contributed by atoms with Crippen molar-refractivity contribution in [3.8, 4) is 12.1 Å². The van der Waals surface area contributed by atoms with Crippen molar-refractivity contribution >= 4 is 5.97 Å². The lowest BCUT2D eigenvalue weighted by Crippen LogP contribution is -2.46. The summed E-state index contributed by atoms with van der Waals surface area (Å²) in [6.07, 6.45) is 4.53. The van der Waals surface area contributed by atoms with Crippen LogP contribution in [0, 0.1) is 41.4 Å². The van der Waals surface area contributed by atoms with Crippen molar-refractivity contribution in [3.63, 3.8) is 0 Å². The van der Waals surface area contributed by atoms with Crippen LogP contribution >= 0.6 is 0 Å². The van der Waals surface area contributed by atoms with E-state index in [1.54, 1.807) is 6.92 Å². The van der Waals surface area contributed by atoms with Gasteiger partial charge in [0, 0.05) is 12.4 Å². The largest absolute Gasteiger partial charge is 0.468 e. The number of aromatic nitrogens is 2. The van der Waals surface area contributed by atoms with E-state index >= 15 is 0 Å². The van der Waals surface area contributed by atoms with Crippen LogP contribution in [0.3, 0.4) is 0 Å². The fraction of sp³-hybridized carbons (Fsp3) is 0.500. The highest BCUT2D eigenvalue weighted by Gasteiger charge is 2.60. The maximum absolute atomic E-state index is 12.4. The van der Waals surface area contributed by atoms with E-state index in [2.05, 4.69) is 9.97 Å². The molecule has 102 valence electrons. The van der Waals surface area contributed by atoms with Crippen molar-refractivity contribution < 1.29 is 9.53 Å². The molecule has 0 aliphatic heterocycles. The second-order valence-corrected chi connectivity index (χ2v) is 4.87. The Morgan fingerprint density at radius 3 is 2.45 bits per heavy atom. The summed E-state index contributed by atoms with van der Waals surface area (Å²) in [7, 11) is 1.26. The van der Waals surface area contributed by atoms with Gasteiger partial charge in [0.1, 0.15) is 5.41 Å². The van der Waals surface area contributed by atoms with Crippen LogP contribution in [0.4, 0.5) is 0 Å². The number of nitriles is 2. The fourth-order valence-electron chi connectivity index (χ4n) is 2.53. The Labute approximate surface area is 117 Å². The number of aryl methyl sites for hydroxylation is 1. The van der Waals surface area contributed by atoms with E-state index in [-0.39, 0.29) is 5.92 Å². The van der Waals surface area contributed by atoms with Gasteiger partial charge in [-0.05, 0) is 25.7 Å². The molecule has 0 unspecified atom stereocenters. The molecule has 1 heterocycles. The van der Waals surface area contributed by atoms with E-state index in [1.807, 2.05) is 12.1 Å². The van der Waals surface area contributed by atoms with Crippen molar-refractivity contribution in [1.82, 2.24) is 9.97 Å². The van der Waals surface area contributed by atoms with Gasteiger partial charge in [-0.25, -0.2) is 0 Å². The van der Waals surface area contributed by atoms with Crippen molar-refractivity contribution in [2.75, 3.05) is 7.11 Å². The molecule has 20 heavy (non-hydrogen) atoms.